The quantitative estimate of drug-likeness (QED) is 0.787. The number of ether oxygens (including phenoxy) is 1. The first-order valence-electron chi connectivity index (χ1n) is 6.31. The molecule has 0 bridgehead atoms. The average molecular weight is 272 g/mol. The molecule has 1 N–H and O–H groups in total. The van der Waals surface area contributed by atoms with Gasteiger partial charge in [-0.25, -0.2) is 4.98 Å². The first kappa shape index (κ1) is 15.2. The molecule has 0 unspecified atom stereocenters. The number of hydrogen-bond acceptors (Lipinski definition) is 4. The van der Waals surface area contributed by atoms with Crippen LogP contribution in [0.2, 0.25) is 5.02 Å². The monoisotopic (exact) mass is 271 g/mol. The van der Waals surface area contributed by atoms with E-state index in [2.05, 4.69) is 29.0 Å². The van der Waals surface area contributed by atoms with E-state index in [-0.39, 0.29) is 0 Å². The number of likely N-dealkylation sites (N-methyl/N-ethyl adjacent to an activating group) is 1. The summed E-state index contributed by atoms with van der Waals surface area (Å²) in [7, 11) is 1.71. The van der Waals surface area contributed by atoms with Crippen LogP contribution in [0.1, 0.15) is 19.4 Å². The summed E-state index contributed by atoms with van der Waals surface area (Å²) in [6, 6.07) is 2.05. The molecule has 0 atom stereocenters. The molecule has 4 nitrogen and oxygen atoms in total. The summed E-state index contributed by atoms with van der Waals surface area (Å²) in [5.41, 5.74) is 1.08. The molecular weight excluding hydrogens is 250 g/mol. The van der Waals surface area contributed by atoms with E-state index in [4.69, 9.17) is 16.3 Å². The van der Waals surface area contributed by atoms with Gasteiger partial charge in [-0.1, -0.05) is 18.5 Å². The SMILES string of the molecule is CCNCc1cc(N(CC)CCOC)ncc1Cl. The Kier molecular flexibility index (Phi) is 7.01. The van der Waals surface area contributed by atoms with Gasteiger partial charge in [0.15, 0.2) is 0 Å². The fourth-order valence-electron chi connectivity index (χ4n) is 1.67. The maximum atomic E-state index is 6.14. The molecule has 0 aliphatic carbocycles. The predicted molar refractivity (Wildman–Crippen MR) is 76.4 cm³/mol. The molecule has 0 fully saturated rings. The second-order valence-electron chi connectivity index (χ2n) is 3.99. The summed E-state index contributed by atoms with van der Waals surface area (Å²) in [6.45, 7) is 8.31. The van der Waals surface area contributed by atoms with Crippen LogP contribution in [0.3, 0.4) is 0 Å². The van der Waals surface area contributed by atoms with Gasteiger partial charge in [0.05, 0.1) is 11.6 Å². The molecule has 0 saturated heterocycles. The second kappa shape index (κ2) is 8.29. The van der Waals surface area contributed by atoms with Gasteiger partial charge in [-0.3, -0.25) is 0 Å². The van der Waals surface area contributed by atoms with Crippen LogP contribution in [-0.4, -0.2) is 38.3 Å². The molecule has 1 aromatic heterocycles. The first-order chi connectivity index (χ1) is 8.72. The molecular formula is C13H22ClN3O. The van der Waals surface area contributed by atoms with E-state index in [0.717, 1.165) is 37.6 Å². The molecule has 1 heterocycles. The third-order valence-electron chi connectivity index (χ3n) is 2.76. The van der Waals surface area contributed by atoms with Crippen molar-refractivity contribution in [3.8, 4) is 0 Å². The van der Waals surface area contributed by atoms with E-state index in [1.54, 1.807) is 13.3 Å². The van der Waals surface area contributed by atoms with Crippen molar-refractivity contribution in [1.29, 1.82) is 0 Å². The van der Waals surface area contributed by atoms with Crippen molar-refractivity contribution in [2.24, 2.45) is 0 Å². The van der Waals surface area contributed by atoms with E-state index in [9.17, 15) is 0 Å². The van der Waals surface area contributed by atoms with Gasteiger partial charge in [0.2, 0.25) is 0 Å². The Balaban J connectivity index is 2.80. The third kappa shape index (κ3) is 4.44. The smallest absolute Gasteiger partial charge is 0.128 e. The number of hydrogen-bond donors (Lipinski definition) is 1. The number of methoxy groups -OCH3 is 1. The van der Waals surface area contributed by atoms with Gasteiger partial charge in [-0.05, 0) is 25.1 Å². The van der Waals surface area contributed by atoms with Crippen molar-refractivity contribution >= 4 is 17.4 Å². The molecule has 0 radical (unpaired) electrons. The summed E-state index contributed by atoms with van der Waals surface area (Å²) in [5, 5.41) is 3.99. The molecule has 1 rings (SSSR count). The molecule has 0 aliphatic rings. The number of halogens is 1. The van der Waals surface area contributed by atoms with Crippen molar-refractivity contribution in [1.82, 2.24) is 10.3 Å². The van der Waals surface area contributed by atoms with E-state index in [0.29, 0.717) is 11.6 Å². The lowest BCUT2D eigenvalue weighted by Gasteiger charge is -2.22. The van der Waals surface area contributed by atoms with Crippen LogP contribution >= 0.6 is 11.6 Å². The summed E-state index contributed by atoms with van der Waals surface area (Å²) < 4.78 is 5.11. The number of nitrogens with one attached hydrogen (secondary N) is 1. The van der Waals surface area contributed by atoms with Gasteiger partial charge < -0.3 is 15.0 Å². The Bertz CT molecular complexity index is 360. The second-order valence-corrected chi connectivity index (χ2v) is 4.39. The van der Waals surface area contributed by atoms with Gasteiger partial charge in [0.25, 0.3) is 0 Å². The topological polar surface area (TPSA) is 37.4 Å². The maximum Gasteiger partial charge on any atom is 0.128 e. The van der Waals surface area contributed by atoms with Crippen LogP contribution in [0.15, 0.2) is 12.3 Å². The van der Waals surface area contributed by atoms with Gasteiger partial charge in [0, 0.05) is 32.9 Å². The van der Waals surface area contributed by atoms with Gasteiger partial charge >= 0.3 is 0 Å². The first-order valence-corrected chi connectivity index (χ1v) is 6.69. The van der Waals surface area contributed by atoms with E-state index >= 15 is 0 Å². The summed E-state index contributed by atoms with van der Waals surface area (Å²) in [4.78, 5) is 6.56. The Morgan fingerprint density at radius 2 is 2.22 bits per heavy atom. The van der Waals surface area contributed by atoms with Crippen LogP contribution in [0.5, 0.6) is 0 Å². The molecule has 0 amide bonds. The number of rotatable bonds is 8. The standard InChI is InChI=1S/C13H22ClN3O/c1-4-15-9-11-8-13(16-10-12(11)14)17(5-2)6-7-18-3/h8,10,15H,4-7,9H2,1-3H3. The van der Waals surface area contributed by atoms with Crippen molar-refractivity contribution in [3.63, 3.8) is 0 Å². The normalized spacial score (nSPS) is 10.7. The largest absolute Gasteiger partial charge is 0.383 e. The van der Waals surface area contributed by atoms with Gasteiger partial charge in [-0.2, -0.15) is 0 Å². The molecule has 0 saturated carbocycles. The number of pyridine rings is 1. The van der Waals surface area contributed by atoms with E-state index < -0.39 is 0 Å². The van der Waals surface area contributed by atoms with Crippen LogP contribution < -0.4 is 10.2 Å². The van der Waals surface area contributed by atoms with Crippen molar-refractivity contribution in [2.45, 2.75) is 20.4 Å². The summed E-state index contributed by atoms with van der Waals surface area (Å²) in [5.74, 6) is 0.951. The van der Waals surface area contributed by atoms with Crippen molar-refractivity contribution in [3.05, 3.63) is 22.8 Å². The molecule has 0 spiro atoms. The highest BCUT2D eigenvalue weighted by Crippen LogP contribution is 2.20. The molecule has 0 aromatic carbocycles. The Morgan fingerprint density at radius 1 is 1.44 bits per heavy atom. The number of anilines is 1. The van der Waals surface area contributed by atoms with Crippen molar-refractivity contribution in [2.75, 3.05) is 38.3 Å². The Labute approximate surface area is 114 Å². The zero-order valence-corrected chi connectivity index (χ0v) is 12.1. The zero-order valence-electron chi connectivity index (χ0n) is 11.4. The average Bonchev–Trinajstić information content (AvgIpc) is 2.39. The lowest BCUT2D eigenvalue weighted by Crippen LogP contribution is -2.28. The lowest BCUT2D eigenvalue weighted by atomic mass is 10.2. The maximum absolute atomic E-state index is 6.14. The van der Waals surface area contributed by atoms with Crippen LogP contribution in [0.25, 0.3) is 0 Å². The van der Waals surface area contributed by atoms with Gasteiger partial charge in [0.1, 0.15) is 5.82 Å². The third-order valence-corrected chi connectivity index (χ3v) is 3.10. The fourth-order valence-corrected chi connectivity index (χ4v) is 1.84. The van der Waals surface area contributed by atoms with Crippen LogP contribution in [0.4, 0.5) is 5.82 Å². The van der Waals surface area contributed by atoms with Crippen LogP contribution in [0, 0.1) is 0 Å². The molecule has 18 heavy (non-hydrogen) atoms. The minimum absolute atomic E-state index is 0.695. The highest BCUT2D eigenvalue weighted by molar-refractivity contribution is 6.31. The highest BCUT2D eigenvalue weighted by Gasteiger charge is 2.08. The van der Waals surface area contributed by atoms with Gasteiger partial charge in [-0.15, -0.1) is 0 Å². The van der Waals surface area contributed by atoms with E-state index in [1.807, 2.05) is 6.07 Å². The summed E-state index contributed by atoms with van der Waals surface area (Å²) >= 11 is 6.14. The Morgan fingerprint density at radius 3 is 2.83 bits per heavy atom. The van der Waals surface area contributed by atoms with E-state index in [1.165, 1.54) is 0 Å². The lowest BCUT2D eigenvalue weighted by molar-refractivity contribution is 0.205. The highest BCUT2D eigenvalue weighted by atomic mass is 35.5. The van der Waals surface area contributed by atoms with Crippen LogP contribution in [-0.2, 0) is 11.3 Å². The minimum atomic E-state index is 0.695. The van der Waals surface area contributed by atoms with Crippen molar-refractivity contribution < 1.29 is 4.74 Å². The number of aromatic nitrogens is 1. The molecule has 102 valence electrons. The molecule has 5 heteroatoms. The molecule has 1 aromatic rings. The zero-order chi connectivity index (χ0) is 13.4. The fraction of sp³-hybridized carbons (Fsp3) is 0.615. The summed E-state index contributed by atoms with van der Waals surface area (Å²) in [6.07, 6.45) is 1.72. The molecule has 0 aliphatic heterocycles. The number of nitrogens with zero attached hydrogens (tertiary/aromatic N) is 2. The minimum Gasteiger partial charge on any atom is -0.383 e. The predicted octanol–water partition coefficient (Wildman–Crippen LogP) is 2.32. The Hall–Kier alpha value is -0.840.